The lowest BCUT2D eigenvalue weighted by Crippen LogP contribution is -2.35. The van der Waals surface area contributed by atoms with Gasteiger partial charge in [0.15, 0.2) is 0 Å². The van der Waals surface area contributed by atoms with Crippen LogP contribution in [0.4, 0.5) is 4.39 Å². The molecule has 5 rings (SSSR count). The Hall–Kier alpha value is -3.34. The summed E-state index contributed by atoms with van der Waals surface area (Å²) in [7, 11) is 0. The van der Waals surface area contributed by atoms with Gasteiger partial charge in [0.25, 0.3) is 5.91 Å². The molecule has 10 heteroatoms. The standard InChI is InChI=1S/C26H30FN5O4/c27-20-6-2-18(3-7-20)24(33)29-26-28-22-10-1-17(16-31-11-13-36-14-12-31)15-23(22)32(26)21-8-4-19(5-9-21)25(34)30-35/h1-3,6-7,10,15,19,21,35H,4-5,8-9,11-14,16H2,(H,30,34)(H,28,29,33)/t19-,21+. The van der Waals surface area contributed by atoms with E-state index >= 15 is 0 Å². The molecule has 0 radical (unpaired) electrons. The van der Waals surface area contributed by atoms with E-state index in [2.05, 4.69) is 31.6 Å². The summed E-state index contributed by atoms with van der Waals surface area (Å²) in [6.07, 6.45) is 2.65. The topological polar surface area (TPSA) is 112 Å². The van der Waals surface area contributed by atoms with E-state index in [1.54, 1.807) is 5.48 Å². The average Bonchev–Trinajstić information content (AvgIpc) is 3.26. The second-order valence-electron chi connectivity index (χ2n) is 9.46. The zero-order valence-corrected chi connectivity index (χ0v) is 20.0. The lowest BCUT2D eigenvalue weighted by molar-refractivity contribution is -0.134. The number of hydrogen-bond donors (Lipinski definition) is 3. The number of nitrogens with one attached hydrogen (secondary N) is 2. The van der Waals surface area contributed by atoms with Crippen molar-refractivity contribution >= 4 is 22.8 Å². The van der Waals surface area contributed by atoms with Gasteiger partial charge in [-0.2, -0.15) is 4.99 Å². The summed E-state index contributed by atoms with van der Waals surface area (Å²) in [4.78, 5) is 34.9. The van der Waals surface area contributed by atoms with Crippen LogP contribution in [0.3, 0.4) is 0 Å². The molecule has 1 aliphatic heterocycles. The number of H-pyrrole nitrogens is 1. The lowest BCUT2D eigenvalue weighted by Gasteiger charge is -2.29. The molecule has 9 nitrogen and oxygen atoms in total. The Balaban J connectivity index is 1.51. The maximum absolute atomic E-state index is 13.3. The maximum Gasteiger partial charge on any atom is 0.280 e. The van der Waals surface area contributed by atoms with Crippen molar-refractivity contribution in [3.63, 3.8) is 0 Å². The summed E-state index contributed by atoms with van der Waals surface area (Å²) < 4.78 is 20.9. The highest BCUT2D eigenvalue weighted by Crippen LogP contribution is 2.33. The van der Waals surface area contributed by atoms with E-state index < -0.39 is 11.7 Å². The number of amides is 2. The summed E-state index contributed by atoms with van der Waals surface area (Å²) in [5.41, 5.74) is 5.46. The number of fused-ring (bicyclic) bond motifs is 1. The summed E-state index contributed by atoms with van der Waals surface area (Å²) in [6, 6.07) is 11.6. The molecule has 2 aromatic carbocycles. The van der Waals surface area contributed by atoms with Crippen molar-refractivity contribution in [1.82, 2.24) is 19.9 Å². The fraction of sp³-hybridized carbons (Fsp3) is 0.423. The first-order valence-electron chi connectivity index (χ1n) is 12.3. The SMILES string of the molecule is O=C(/N=c1\[nH]c2ccc(CN3CCOCC3)cc2n1[C@H]1CC[C@@H](C(=O)NO)CC1)c1ccc(F)cc1. The van der Waals surface area contributed by atoms with Gasteiger partial charge >= 0.3 is 0 Å². The van der Waals surface area contributed by atoms with E-state index in [4.69, 9.17) is 9.94 Å². The number of carbonyl (C=O) groups is 2. The zero-order valence-electron chi connectivity index (χ0n) is 20.0. The molecule has 1 saturated heterocycles. The number of benzene rings is 2. The monoisotopic (exact) mass is 495 g/mol. The predicted molar refractivity (Wildman–Crippen MR) is 130 cm³/mol. The van der Waals surface area contributed by atoms with Gasteiger partial charge in [-0.05, 0) is 67.6 Å². The van der Waals surface area contributed by atoms with Crippen molar-refractivity contribution in [2.24, 2.45) is 10.9 Å². The summed E-state index contributed by atoms with van der Waals surface area (Å²) in [5.74, 6) is -1.47. The Bertz CT molecular complexity index is 1300. The third-order valence-electron chi connectivity index (χ3n) is 7.15. The normalized spacial score (nSPS) is 21.6. The van der Waals surface area contributed by atoms with Crippen LogP contribution in [0.25, 0.3) is 11.0 Å². The van der Waals surface area contributed by atoms with Gasteiger partial charge in [-0.25, -0.2) is 9.87 Å². The zero-order chi connectivity index (χ0) is 25.1. The third-order valence-corrected chi connectivity index (χ3v) is 7.15. The maximum atomic E-state index is 13.3. The minimum atomic E-state index is -0.461. The Labute approximate surface area is 207 Å². The molecule has 1 aromatic heterocycles. The number of ether oxygens (including phenoxy) is 1. The lowest BCUT2D eigenvalue weighted by atomic mass is 9.85. The van der Waals surface area contributed by atoms with Gasteiger partial charge in [-0.1, -0.05) is 6.07 Å². The molecule has 2 fully saturated rings. The molecule has 2 heterocycles. The molecule has 0 unspecified atom stereocenters. The number of rotatable bonds is 5. The van der Waals surface area contributed by atoms with Crippen LogP contribution in [0.2, 0.25) is 0 Å². The van der Waals surface area contributed by atoms with E-state index in [1.165, 1.54) is 24.3 Å². The highest BCUT2D eigenvalue weighted by Gasteiger charge is 2.28. The molecule has 2 aliphatic rings. The minimum absolute atomic E-state index is 0.0277. The second kappa shape index (κ2) is 10.7. The number of hydrogen-bond acceptors (Lipinski definition) is 5. The smallest absolute Gasteiger partial charge is 0.280 e. The van der Waals surface area contributed by atoms with Gasteiger partial charge < -0.3 is 14.3 Å². The minimum Gasteiger partial charge on any atom is -0.379 e. The predicted octanol–water partition coefficient (Wildman–Crippen LogP) is 2.92. The number of aromatic amines is 1. The van der Waals surface area contributed by atoms with E-state index in [-0.39, 0.29) is 17.9 Å². The number of aromatic nitrogens is 2. The molecule has 2 amide bonds. The van der Waals surface area contributed by atoms with Crippen molar-refractivity contribution < 1.29 is 23.9 Å². The van der Waals surface area contributed by atoms with Crippen LogP contribution >= 0.6 is 0 Å². The molecule has 1 aliphatic carbocycles. The number of imidazole rings is 1. The molecular weight excluding hydrogens is 465 g/mol. The van der Waals surface area contributed by atoms with E-state index in [0.717, 1.165) is 49.4 Å². The number of nitrogens with zero attached hydrogens (tertiary/aromatic N) is 3. The van der Waals surface area contributed by atoms with Crippen molar-refractivity contribution in [3.8, 4) is 0 Å². The van der Waals surface area contributed by atoms with Crippen molar-refractivity contribution in [3.05, 3.63) is 65.0 Å². The highest BCUT2D eigenvalue weighted by atomic mass is 19.1. The molecule has 0 atom stereocenters. The Morgan fingerprint density at radius 1 is 1.08 bits per heavy atom. The summed E-state index contributed by atoms with van der Waals surface area (Å²) in [6.45, 7) is 4.02. The summed E-state index contributed by atoms with van der Waals surface area (Å²) >= 11 is 0. The van der Waals surface area contributed by atoms with Gasteiger partial charge in [0, 0.05) is 37.2 Å². The fourth-order valence-electron chi connectivity index (χ4n) is 5.18. The van der Waals surface area contributed by atoms with Crippen molar-refractivity contribution in [2.75, 3.05) is 26.3 Å². The molecule has 36 heavy (non-hydrogen) atoms. The van der Waals surface area contributed by atoms with Crippen LogP contribution in [0, 0.1) is 11.7 Å². The van der Waals surface area contributed by atoms with Gasteiger partial charge in [0.2, 0.25) is 11.5 Å². The van der Waals surface area contributed by atoms with Crippen LogP contribution in [0.1, 0.15) is 47.6 Å². The first kappa shape index (κ1) is 24.4. The average molecular weight is 496 g/mol. The second-order valence-corrected chi connectivity index (χ2v) is 9.46. The number of morpholine rings is 1. The van der Waals surface area contributed by atoms with Crippen molar-refractivity contribution in [2.45, 2.75) is 38.3 Å². The van der Waals surface area contributed by atoms with Crippen LogP contribution < -0.4 is 11.1 Å². The molecule has 190 valence electrons. The number of halogens is 1. The Kier molecular flexibility index (Phi) is 7.26. The van der Waals surface area contributed by atoms with Crippen LogP contribution in [0.15, 0.2) is 47.5 Å². The van der Waals surface area contributed by atoms with Gasteiger partial charge in [-0.3, -0.25) is 19.7 Å². The molecule has 0 bridgehead atoms. The Morgan fingerprint density at radius 3 is 2.50 bits per heavy atom. The largest absolute Gasteiger partial charge is 0.379 e. The van der Waals surface area contributed by atoms with E-state index in [0.29, 0.717) is 36.9 Å². The van der Waals surface area contributed by atoms with Gasteiger partial charge in [-0.15, -0.1) is 0 Å². The van der Waals surface area contributed by atoms with Gasteiger partial charge in [0.05, 0.1) is 24.2 Å². The molecule has 0 spiro atoms. The quantitative estimate of drug-likeness (QED) is 0.372. The van der Waals surface area contributed by atoms with Gasteiger partial charge in [0.1, 0.15) is 5.82 Å². The third kappa shape index (κ3) is 5.25. The van der Waals surface area contributed by atoms with E-state index in [9.17, 15) is 14.0 Å². The molecule has 1 saturated carbocycles. The Morgan fingerprint density at radius 2 is 1.81 bits per heavy atom. The summed E-state index contributed by atoms with van der Waals surface area (Å²) in [5, 5.41) is 9.01. The molecule has 3 aromatic rings. The van der Waals surface area contributed by atoms with Crippen LogP contribution in [-0.2, 0) is 16.1 Å². The number of hydroxylamine groups is 1. The van der Waals surface area contributed by atoms with Crippen LogP contribution in [0.5, 0.6) is 0 Å². The van der Waals surface area contributed by atoms with Crippen molar-refractivity contribution in [1.29, 1.82) is 0 Å². The molecular formula is C26H30FN5O4. The highest BCUT2D eigenvalue weighted by molar-refractivity contribution is 5.94. The molecule has 3 N–H and O–H groups in total. The fourth-order valence-corrected chi connectivity index (χ4v) is 5.18. The first-order chi connectivity index (χ1) is 17.5. The van der Waals surface area contributed by atoms with E-state index in [1.807, 2.05) is 6.07 Å². The number of carbonyl (C=O) groups excluding carboxylic acids is 2. The van der Waals surface area contributed by atoms with Crippen LogP contribution in [-0.4, -0.2) is 57.8 Å². The first-order valence-corrected chi connectivity index (χ1v) is 12.3.